The number of fused-ring (bicyclic) bond motifs is 1. The summed E-state index contributed by atoms with van der Waals surface area (Å²) < 4.78 is 0. The number of nitrogens with one attached hydrogen (secondary N) is 1. The highest BCUT2D eigenvalue weighted by Gasteiger charge is 2.18. The monoisotopic (exact) mass is 205 g/mol. The number of carbonyl (C=O) groups excluding carboxylic acids is 1. The van der Waals surface area contributed by atoms with Crippen LogP contribution in [0.25, 0.3) is 6.08 Å². The first kappa shape index (κ1) is 9.34. The van der Waals surface area contributed by atoms with Gasteiger partial charge < -0.3 is 5.32 Å². The predicted octanol–water partition coefficient (Wildman–Crippen LogP) is 2.12. The molecule has 0 radical (unpaired) electrons. The number of carbonyl (C=O) groups is 1. The van der Waals surface area contributed by atoms with E-state index in [4.69, 9.17) is 0 Å². The van der Waals surface area contributed by atoms with Gasteiger partial charge in [-0.05, 0) is 11.1 Å². The van der Waals surface area contributed by atoms with E-state index in [2.05, 4.69) is 17.9 Å². The molecular weight excluding hydrogens is 194 g/mol. The lowest BCUT2D eigenvalue weighted by Crippen LogP contribution is -2.04. The molecule has 1 aromatic rings. The molecule has 2 rings (SSSR count). The van der Waals surface area contributed by atoms with Gasteiger partial charge in [-0.25, -0.2) is 0 Å². The summed E-state index contributed by atoms with van der Waals surface area (Å²) in [5.74, 6) is 0.782. The molecule has 0 aliphatic carbocycles. The molecule has 1 amide bonds. The lowest BCUT2D eigenvalue weighted by atomic mass is 10.1. The van der Waals surface area contributed by atoms with Crippen molar-refractivity contribution in [1.29, 1.82) is 0 Å². The van der Waals surface area contributed by atoms with E-state index < -0.39 is 0 Å². The second-order valence-corrected chi connectivity index (χ2v) is 3.56. The van der Waals surface area contributed by atoms with Gasteiger partial charge in [-0.15, -0.1) is 0 Å². The molecule has 1 N–H and O–H groups in total. The third-order valence-corrected chi connectivity index (χ3v) is 2.41. The number of anilines is 1. The lowest BCUT2D eigenvalue weighted by molar-refractivity contribution is -0.115. The summed E-state index contributed by atoms with van der Waals surface area (Å²) >= 11 is 4.10. The van der Waals surface area contributed by atoms with E-state index in [1.54, 1.807) is 0 Å². The average Bonchev–Trinajstić information content (AvgIpc) is 2.55. The minimum Gasteiger partial charge on any atom is -0.325 e. The summed E-state index contributed by atoms with van der Waals surface area (Å²) in [7, 11) is 0. The van der Waals surface area contributed by atoms with Gasteiger partial charge in [0.15, 0.2) is 0 Å². The third kappa shape index (κ3) is 1.68. The van der Waals surface area contributed by atoms with Gasteiger partial charge in [-0.3, -0.25) is 4.79 Å². The van der Waals surface area contributed by atoms with E-state index in [-0.39, 0.29) is 5.91 Å². The van der Waals surface area contributed by atoms with Gasteiger partial charge in [0.05, 0.1) is 12.1 Å². The van der Waals surface area contributed by atoms with E-state index >= 15 is 0 Å². The van der Waals surface area contributed by atoms with Crippen molar-refractivity contribution in [2.45, 2.75) is 6.42 Å². The van der Waals surface area contributed by atoms with Crippen LogP contribution in [0.4, 0.5) is 5.69 Å². The number of amides is 1. The zero-order valence-electron chi connectivity index (χ0n) is 7.66. The van der Waals surface area contributed by atoms with Crippen molar-refractivity contribution >= 4 is 30.3 Å². The van der Waals surface area contributed by atoms with Crippen molar-refractivity contribution in [3.63, 3.8) is 0 Å². The fourth-order valence-electron chi connectivity index (χ4n) is 1.59. The maximum absolute atomic E-state index is 11.2. The SMILES string of the molecule is O=C1Cc2cccc(C=CCS)c2N1. The van der Waals surface area contributed by atoms with Gasteiger partial charge >= 0.3 is 0 Å². The summed E-state index contributed by atoms with van der Waals surface area (Å²) in [6.07, 6.45) is 4.44. The first-order valence-corrected chi connectivity index (χ1v) is 5.13. The van der Waals surface area contributed by atoms with Gasteiger partial charge in [-0.2, -0.15) is 12.6 Å². The number of hydrogen-bond donors (Lipinski definition) is 2. The van der Waals surface area contributed by atoms with E-state index in [0.717, 1.165) is 16.8 Å². The number of benzene rings is 1. The molecule has 1 heterocycles. The number of rotatable bonds is 2. The molecule has 1 aliphatic heterocycles. The average molecular weight is 205 g/mol. The number of para-hydroxylation sites is 1. The standard InChI is InChI=1S/C11H11NOS/c13-10-7-9-4-1-3-8(5-2-6-14)11(9)12-10/h1-5,14H,6-7H2,(H,12,13). The van der Waals surface area contributed by atoms with Crippen LogP contribution in [-0.4, -0.2) is 11.7 Å². The van der Waals surface area contributed by atoms with E-state index in [1.807, 2.05) is 30.4 Å². The molecular formula is C11H11NOS. The Kier molecular flexibility index (Phi) is 2.59. The van der Waals surface area contributed by atoms with Crippen LogP contribution < -0.4 is 5.32 Å². The molecule has 0 saturated heterocycles. The van der Waals surface area contributed by atoms with Crippen molar-refractivity contribution in [1.82, 2.24) is 0 Å². The zero-order valence-corrected chi connectivity index (χ0v) is 8.55. The molecule has 72 valence electrons. The van der Waals surface area contributed by atoms with Crippen LogP contribution in [0.15, 0.2) is 24.3 Å². The molecule has 1 aliphatic rings. The van der Waals surface area contributed by atoms with Crippen molar-refractivity contribution in [2.24, 2.45) is 0 Å². The molecule has 14 heavy (non-hydrogen) atoms. The molecule has 0 aromatic heterocycles. The highest BCUT2D eigenvalue weighted by molar-refractivity contribution is 7.80. The normalized spacial score (nSPS) is 14.5. The summed E-state index contributed by atoms with van der Waals surface area (Å²) in [6.45, 7) is 0. The van der Waals surface area contributed by atoms with E-state index in [1.165, 1.54) is 0 Å². The van der Waals surface area contributed by atoms with E-state index in [0.29, 0.717) is 12.2 Å². The van der Waals surface area contributed by atoms with Crippen molar-refractivity contribution < 1.29 is 4.79 Å². The van der Waals surface area contributed by atoms with E-state index in [9.17, 15) is 4.79 Å². The third-order valence-electron chi connectivity index (χ3n) is 2.20. The molecule has 0 spiro atoms. The topological polar surface area (TPSA) is 29.1 Å². The summed E-state index contributed by atoms with van der Waals surface area (Å²) in [4.78, 5) is 11.2. The highest BCUT2D eigenvalue weighted by atomic mass is 32.1. The van der Waals surface area contributed by atoms with Gasteiger partial charge in [0, 0.05) is 5.75 Å². The van der Waals surface area contributed by atoms with Crippen molar-refractivity contribution in [2.75, 3.05) is 11.1 Å². The van der Waals surface area contributed by atoms with Crippen LogP contribution in [0.2, 0.25) is 0 Å². The summed E-state index contributed by atoms with van der Waals surface area (Å²) in [5, 5.41) is 2.86. The molecule has 0 saturated carbocycles. The maximum atomic E-state index is 11.2. The van der Waals surface area contributed by atoms with Gasteiger partial charge in [-0.1, -0.05) is 30.4 Å². The molecule has 0 fully saturated rings. The lowest BCUT2D eigenvalue weighted by Gasteiger charge is -2.02. The largest absolute Gasteiger partial charge is 0.325 e. The highest BCUT2D eigenvalue weighted by Crippen LogP contribution is 2.27. The van der Waals surface area contributed by atoms with Crippen LogP contribution in [0.5, 0.6) is 0 Å². The van der Waals surface area contributed by atoms with Crippen molar-refractivity contribution in [3.8, 4) is 0 Å². The van der Waals surface area contributed by atoms with Crippen LogP contribution in [0.1, 0.15) is 11.1 Å². The Labute approximate surface area is 88.4 Å². The van der Waals surface area contributed by atoms with Crippen LogP contribution in [0, 0.1) is 0 Å². The Morgan fingerprint density at radius 1 is 1.50 bits per heavy atom. The smallest absolute Gasteiger partial charge is 0.228 e. The quantitative estimate of drug-likeness (QED) is 0.711. The summed E-state index contributed by atoms with van der Waals surface area (Å²) in [6, 6.07) is 5.94. The number of thiol groups is 1. The van der Waals surface area contributed by atoms with Gasteiger partial charge in [0.1, 0.15) is 0 Å². The Balaban J connectivity index is 2.39. The van der Waals surface area contributed by atoms with Gasteiger partial charge in [0.25, 0.3) is 0 Å². The molecule has 0 unspecified atom stereocenters. The Morgan fingerprint density at radius 3 is 3.14 bits per heavy atom. The second kappa shape index (κ2) is 3.88. The van der Waals surface area contributed by atoms with Crippen molar-refractivity contribution in [3.05, 3.63) is 35.4 Å². The minimum atomic E-state index is 0.0757. The molecule has 3 heteroatoms. The van der Waals surface area contributed by atoms with Crippen LogP contribution in [-0.2, 0) is 11.2 Å². The molecule has 0 bridgehead atoms. The first-order chi connectivity index (χ1) is 6.81. The number of hydrogen-bond acceptors (Lipinski definition) is 2. The second-order valence-electron chi connectivity index (χ2n) is 3.19. The van der Waals surface area contributed by atoms with Crippen LogP contribution >= 0.6 is 12.6 Å². The Hall–Kier alpha value is -1.22. The maximum Gasteiger partial charge on any atom is 0.228 e. The van der Waals surface area contributed by atoms with Gasteiger partial charge in [0.2, 0.25) is 5.91 Å². The fraction of sp³-hybridized carbons (Fsp3) is 0.182. The Bertz CT molecular complexity index is 398. The molecule has 1 aromatic carbocycles. The molecule has 0 atom stereocenters. The first-order valence-electron chi connectivity index (χ1n) is 4.50. The minimum absolute atomic E-state index is 0.0757. The summed E-state index contributed by atoms with van der Waals surface area (Å²) in [5.41, 5.74) is 3.09. The molecule has 2 nitrogen and oxygen atoms in total. The fourth-order valence-corrected chi connectivity index (χ4v) is 1.70. The van der Waals surface area contributed by atoms with Crippen LogP contribution in [0.3, 0.4) is 0 Å². The Morgan fingerprint density at radius 2 is 2.36 bits per heavy atom. The zero-order chi connectivity index (χ0) is 9.97. The predicted molar refractivity (Wildman–Crippen MR) is 61.7 cm³/mol.